The van der Waals surface area contributed by atoms with Crippen LogP contribution in [0.4, 0.5) is 11.6 Å². The van der Waals surface area contributed by atoms with Crippen LogP contribution in [0.5, 0.6) is 29.2 Å². The Labute approximate surface area is 193 Å². The van der Waals surface area contributed by atoms with Gasteiger partial charge in [0.05, 0.1) is 29.4 Å². The van der Waals surface area contributed by atoms with Crippen molar-refractivity contribution < 1.29 is 28.2 Å². The van der Waals surface area contributed by atoms with Gasteiger partial charge >= 0.3 is 0 Å². The number of ether oxygens (including phenoxy) is 4. The maximum absolute atomic E-state index is 12.8. The first-order valence-corrected chi connectivity index (χ1v) is 13.7. The maximum Gasteiger partial charge on any atom is 0.291 e. The molecule has 0 unspecified atom stereocenters. The van der Waals surface area contributed by atoms with Crippen molar-refractivity contribution in [2.75, 3.05) is 39.0 Å². The molecule has 0 spiro atoms. The van der Waals surface area contributed by atoms with Crippen LogP contribution in [0.3, 0.4) is 0 Å². The van der Waals surface area contributed by atoms with E-state index in [0.717, 1.165) is 0 Å². The van der Waals surface area contributed by atoms with Gasteiger partial charge in [-0.3, -0.25) is 4.79 Å². The molecule has 176 valence electrons. The largest absolute Gasteiger partial charge is 0.493 e. The summed E-state index contributed by atoms with van der Waals surface area (Å²) >= 11 is 0. The standard InChI is InChI=1S/C22H28N4O6Si/c1-23-22-25-20(29-3)18(21(26-22)30-4)24-19(27)15-10-11-17(31-15)32-16-12-13(33(5,6)7)8-9-14(16)28-2/h8-12H,1-7H3,(H,24,27)(H,23,25,26). The zero-order valence-corrected chi connectivity index (χ0v) is 20.7. The van der Waals surface area contributed by atoms with Crippen LogP contribution >= 0.6 is 0 Å². The molecule has 0 atom stereocenters. The van der Waals surface area contributed by atoms with E-state index >= 15 is 0 Å². The molecule has 0 aliphatic rings. The topological polar surface area (TPSA) is 117 Å². The molecule has 1 amide bonds. The minimum absolute atomic E-state index is 0.0205. The number of hydrogen-bond acceptors (Lipinski definition) is 9. The van der Waals surface area contributed by atoms with E-state index < -0.39 is 14.0 Å². The van der Waals surface area contributed by atoms with E-state index in [1.165, 1.54) is 25.5 Å². The van der Waals surface area contributed by atoms with Crippen LogP contribution in [0.1, 0.15) is 10.6 Å². The first-order chi connectivity index (χ1) is 15.7. The Morgan fingerprint density at radius 3 is 2.15 bits per heavy atom. The lowest BCUT2D eigenvalue weighted by Crippen LogP contribution is -2.37. The Kier molecular flexibility index (Phi) is 7.12. The number of furan rings is 1. The summed E-state index contributed by atoms with van der Waals surface area (Å²) in [5.74, 6) is 1.24. The SMILES string of the molecule is CNc1nc(OC)c(NC(=O)c2ccc(Oc3cc([Si](C)(C)C)ccc3OC)o2)c(OC)n1. The van der Waals surface area contributed by atoms with Crippen LogP contribution in [0.25, 0.3) is 0 Å². The molecule has 2 heterocycles. The molecule has 0 fully saturated rings. The van der Waals surface area contributed by atoms with Gasteiger partial charge in [-0.05, 0) is 18.2 Å². The number of carbonyl (C=O) groups excluding carboxylic acids is 1. The second-order valence-electron chi connectivity index (χ2n) is 7.98. The highest BCUT2D eigenvalue weighted by Gasteiger charge is 2.22. The smallest absolute Gasteiger partial charge is 0.291 e. The summed E-state index contributed by atoms with van der Waals surface area (Å²) in [7, 11) is 4.51. The molecule has 33 heavy (non-hydrogen) atoms. The Balaban J connectivity index is 1.84. The zero-order valence-electron chi connectivity index (χ0n) is 19.7. The fraction of sp³-hybridized carbons (Fsp3) is 0.318. The monoisotopic (exact) mass is 472 g/mol. The summed E-state index contributed by atoms with van der Waals surface area (Å²) < 4.78 is 27.5. The van der Waals surface area contributed by atoms with E-state index in [1.54, 1.807) is 20.2 Å². The summed E-state index contributed by atoms with van der Waals surface area (Å²) in [5.41, 5.74) is 0.173. The third-order valence-electron chi connectivity index (χ3n) is 4.74. The predicted molar refractivity (Wildman–Crippen MR) is 127 cm³/mol. The number of aromatic nitrogens is 2. The predicted octanol–water partition coefficient (Wildman–Crippen LogP) is 3.73. The van der Waals surface area contributed by atoms with Crippen molar-refractivity contribution in [1.82, 2.24) is 9.97 Å². The highest BCUT2D eigenvalue weighted by molar-refractivity contribution is 6.88. The lowest BCUT2D eigenvalue weighted by Gasteiger charge is -2.18. The van der Waals surface area contributed by atoms with E-state index in [9.17, 15) is 4.79 Å². The van der Waals surface area contributed by atoms with Gasteiger partial charge in [0.25, 0.3) is 11.9 Å². The molecule has 11 heteroatoms. The van der Waals surface area contributed by atoms with Crippen molar-refractivity contribution in [1.29, 1.82) is 0 Å². The van der Waals surface area contributed by atoms with Gasteiger partial charge in [-0.15, -0.1) is 0 Å². The van der Waals surface area contributed by atoms with Crippen LogP contribution in [-0.2, 0) is 0 Å². The number of benzene rings is 1. The summed E-state index contributed by atoms with van der Waals surface area (Å²) in [6.07, 6.45) is 0. The third kappa shape index (κ3) is 5.37. The normalized spacial score (nSPS) is 11.0. The Hall–Kier alpha value is -3.73. The fourth-order valence-corrected chi connectivity index (χ4v) is 4.09. The quantitative estimate of drug-likeness (QED) is 0.449. The van der Waals surface area contributed by atoms with Crippen LogP contribution < -0.4 is 34.8 Å². The average molecular weight is 473 g/mol. The molecule has 0 saturated heterocycles. The first-order valence-electron chi connectivity index (χ1n) is 10.2. The van der Waals surface area contributed by atoms with Crippen LogP contribution in [-0.4, -0.2) is 52.3 Å². The summed E-state index contributed by atoms with van der Waals surface area (Å²) in [4.78, 5) is 21.2. The third-order valence-corrected chi connectivity index (χ3v) is 6.78. The van der Waals surface area contributed by atoms with Crippen LogP contribution in [0, 0.1) is 0 Å². The Bertz CT molecular complexity index is 1120. The molecule has 0 bridgehead atoms. The van der Waals surface area contributed by atoms with E-state index in [0.29, 0.717) is 11.5 Å². The van der Waals surface area contributed by atoms with E-state index in [2.05, 4.69) is 40.2 Å². The second-order valence-corrected chi connectivity index (χ2v) is 13.1. The van der Waals surface area contributed by atoms with Gasteiger partial charge in [0.2, 0.25) is 17.7 Å². The average Bonchev–Trinajstić information content (AvgIpc) is 3.27. The second kappa shape index (κ2) is 9.82. The van der Waals surface area contributed by atoms with Gasteiger partial charge in [0.1, 0.15) is 0 Å². The number of nitrogens with zero attached hydrogens (tertiary/aromatic N) is 2. The molecule has 2 aromatic heterocycles. The molecule has 3 aromatic rings. The van der Waals surface area contributed by atoms with Gasteiger partial charge in [0.15, 0.2) is 22.9 Å². The molecular formula is C22H28N4O6Si. The molecule has 1 aromatic carbocycles. The molecule has 0 radical (unpaired) electrons. The van der Waals surface area contributed by atoms with Gasteiger partial charge in [-0.2, -0.15) is 9.97 Å². The van der Waals surface area contributed by atoms with Crippen molar-refractivity contribution in [2.45, 2.75) is 19.6 Å². The Morgan fingerprint density at radius 2 is 1.61 bits per heavy atom. The molecule has 0 aliphatic carbocycles. The number of rotatable bonds is 9. The number of carbonyl (C=O) groups is 1. The van der Waals surface area contributed by atoms with E-state index in [-0.39, 0.29) is 35.1 Å². The molecule has 2 N–H and O–H groups in total. The van der Waals surface area contributed by atoms with Gasteiger partial charge in [-0.1, -0.05) is 30.9 Å². The number of nitrogens with one attached hydrogen (secondary N) is 2. The van der Waals surface area contributed by atoms with E-state index in [4.69, 9.17) is 23.4 Å². The van der Waals surface area contributed by atoms with Gasteiger partial charge in [0, 0.05) is 13.1 Å². The summed E-state index contributed by atoms with van der Waals surface area (Å²) in [6, 6.07) is 8.92. The summed E-state index contributed by atoms with van der Waals surface area (Å²) in [5, 5.41) is 6.67. The van der Waals surface area contributed by atoms with Crippen molar-refractivity contribution in [3.05, 3.63) is 36.1 Å². The lowest BCUT2D eigenvalue weighted by atomic mass is 10.3. The summed E-state index contributed by atoms with van der Waals surface area (Å²) in [6.45, 7) is 6.72. The molecule has 10 nitrogen and oxygen atoms in total. The van der Waals surface area contributed by atoms with Crippen molar-refractivity contribution in [3.8, 4) is 29.2 Å². The molecular weight excluding hydrogens is 444 g/mol. The van der Waals surface area contributed by atoms with Crippen molar-refractivity contribution in [2.24, 2.45) is 0 Å². The van der Waals surface area contributed by atoms with Crippen LogP contribution in [0.2, 0.25) is 19.6 Å². The molecule has 0 aliphatic heterocycles. The molecule has 0 saturated carbocycles. The maximum atomic E-state index is 12.8. The number of methoxy groups -OCH3 is 3. The zero-order chi connectivity index (χ0) is 24.2. The van der Waals surface area contributed by atoms with Crippen LogP contribution in [0.15, 0.2) is 34.7 Å². The highest BCUT2D eigenvalue weighted by atomic mass is 28.3. The van der Waals surface area contributed by atoms with Gasteiger partial charge in [-0.25, -0.2) is 0 Å². The van der Waals surface area contributed by atoms with Crippen molar-refractivity contribution >= 4 is 30.8 Å². The number of hydrogen-bond donors (Lipinski definition) is 2. The number of amides is 1. The Morgan fingerprint density at radius 1 is 0.939 bits per heavy atom. The molecule has 3 rings (SSSR count). The minimum atomic E-state index is -1.57. The minimum Gasteiger partial charge on any atom is -0.493 e. The fourth-order valence-electron chi connectivity index (χ4n) is 2.94. The van der Waals surface area contributed by atoms with Crippen molar-refractivity contribution in [3.63, 3.8) is 0 Å². The number of anilines is 2. The highest BCUT2D eigenvalue weighted by Crippen LogP contribution is 2.34. The lowest BCUT2D eigenvalue weighted by molar-refractivity contribution is 0.0990. The van der Waals surface area contributed by atoms with Gasteiger partial charge < -0.3 is 34.0 Å². The van der Waals surface area contributed by atoms with E-state index in [1.807, 2.05) is 18.2 Å². The first kappa shape index (κ1) is 23.9.